The van der Waals surface area contributed by atoms with E-state index in [0.29, 0.717) is 23.2 Å². The van der Waals surface area contributed by atoms with Gasteiger partial charge in [0.25, 0.3) is 5.91 Å². The minimum Gasteiger partial charge on any atom is -0.348 e. The van der Waals surface area contributed by atoms with Crippen molar-refractivity contribution >= 4 is 17.5 Å². The quantitative estimate of drug-likeness (QED) is 0.658. The molecular formula is C24H31ClN2O. The highest BCUT2D eigenvalue weighted by atomic mass is 35.5. The molecule has 0 aliphatic heterocycles. The fraction of sp³-hybridized carbons (Fsp3) is 0.458. The molecule has 0 aromatic heterocycles. The number of nitrogens with one attached hydrogen (secondary N) is 1. The lowest BCUT2D eigenvalue weighted by molar-refractivity contribution is 0.0951. The van der Waals surface area contributed by atoms with Gasteiger partial charge in [0.15, 0.2) is 0 Å². The molecule has 4 heteroatoms. The largest absolute Gasteiger partial charge is 0.348 e. The van der Waals surface area contributed by atoms with Gasteiger partial charge in [0.05, 0.1) is 0 Å². The molecule has 0 bridgehead atoms. The summed E-state index contributed by atoms with van der Waals surface area (Å²) in [5.74, 6) is -0.0655. The normalized spacial score (nSPS) is 16.1. The zero-order valence-corrected chi connectivity index (χ0v) is 17.8. The zero-order chi connectivity index (χ0) is 19.9. The number of rotatable bonds is 8. The van der Waals surface area contributed by atoms with Gasteiger partial charge in [-0.25, -0.2) is 0 Å². The number of nitrogens with zero attached hydrogens (tertiary/aromatic N) is 1. The first-order valence-corrected chi connectivity index (χ1v) is 10.9. The van der Waals surface area contributed by atoms with Gasteiger partial charge in [-0.2, -0.15) is 0 Å². The molecule has 0 saturated heterocycles. The van der Waals surface area contributed by atoms with Crippen LogP contribution in [0.2, 0.25) is 5.02 Å². The Morgan fingerprint density at radius 2 is 1.79 bits per heavy atom. The van der Waals surface area contributed by atoms with E-state index in [1.807, 2.05) is 0 Å². The van der Waals surface area contributed by atoms with E-state index in [1.165, 1.54) is 49.0 Å². The first-order valence-electron chi connectivity index (χ1n) is 10.5. The molecule has 1 amide bonds. The Hall–Kier alpha value is -1.84. The lowest BCUT2D eigenvalue weighted by Crippen LogP contribution is -2.40. The molecule has 28 heavy (non-hydrogen) atoms. The molecule has 1 aliphatic carbocycles. The SMILES string of the molecule is CCCN(CCC)[C@@H]1CCc2cc(CNC(=O)c3ccc(Cl)cc3)ccc2C1. The highest BCUT2D eigenvalue weighted by molar-refractivity contribution is 6.30. The Kier molecular flexibility index (Phi) is 7.52. The van der Waals surface area contributed by atoms with Gasteiger partial charge in [-0.3, -0.25) is 4.79 Å². The summed E-state index contributed by atoms with van der Waals surface area (Å²) >= 11 is 5.89. The van der Waals surface area contributed by atoms with Crippen LogP contribution in [0.5, 0.6) is 0 Å². The number of fused-ring (bicyclic) bond motifs is 1. The molecule has 1 aliphatic rings. The highest BCUT2D eigenvalue weighted by Crippen LogP contribution is 2.26. The third-order valence-corrected chi connectivity index (χ3v) is 5.82. The highest BCUT2D eigenvalue weighted by Gasteiger charge is 2.23. The van der Waals surface area contributed by atoms with Crippen LogP contribution in [-0.4, -0.2) is 29.9 Å². The second-order valence-electron chi connectivity index (χ2n) is 7.73. The maximum Gasteiger partial charge on any atom is 0.251 e. The first kappa shape index (κ1) is 20.9. The zero-order valence-electron chi connectivity index (χ0n) is 17.0. The third-order valence-electron chi connectivity index (χ3n) is 5.57. The summed E-state index contributed by atoms with van der Waals surface area (Å²) in [6, 6.07) is 14.4. The Bertz CT molecular complexity index is 782. The molecule has 0 radical (unpaired) electrons. The smallest absolute Gasteiger partial charge is 0.251 e. The van der Waals surface area contributed by atoms with Crippen molar-refractivity contribution in [2.75, 3.05) is 13.1 Å². The van der Waals surface area contributed by atoms with E-state index in [2.05, 4.69) is 42.3 Å². The van der Waals surface area contributed by atoms with Gasteiger partial charge in [-0.15, -0.1) is 0 Å². The molecule has 2 aromatic carbocycles. The maximum atomic E-state index is 12.3. The standard InChI is InChI=1S/C24H31ClN2O/c1-3-13-27(14-4-2)23-12-9-20-15-18(5-6-21(20)16-23)17-26-24(28)19-7-10-22(25)11-8-19/h5-8,10-11,15,23H,3-4,9,12-14,16-17H2,1-2H3,(H,26,28)/t23-/m1/s1. The summed E-state index contributed by atoms with van der Waals surface area (Å²) in [5.41, 5.74) is 4.72. The molecule has 2 aromatic rings. The molecule has 150 valence electrons. The van der Waals surface area contributed by atoms with Crippen molar-refractivity contribution in [3.05, 3.63) is 69.7 Å². The summed E-state index contributed by atoms with van der Waals surface area (Å²) < 4.78 is 0. The van der Waals surface area contributed by atoms with Crippen molar-refractivity contribution in [1.29, 1.82) is 0 Å². The number of amides is 1. The average Bonchev–Trinajstić information content (AvgIpc) is 2.72. The van der Waals surface area contributed by atoms with E-state index in [1.54, 1.807) is 24.3 Å². The van der Waals surface area contributed by atoms with Gasteiger partial charge < -0.3 is 10.2 Å². The van der Waals surface area contributed by atoms with Crippen molar-refractivity contribution in [3.8, 4) is 0 Å². The van der Waals surface area contributed by atoms with Crippen molar-refractivity contribution < 1.29 is 4.79 Å². The molecule has 3 nitrogen and oxygen atoms in total. The maximum absolute atomic E-state index is 12.3. The Morgan fingerprint density at radius 1 is 1.07 bits per heavy atom. The van der Waals surface area contributed by atoms with Gasteiger partial charge in [0.1, 0.15) is 0 Å². The van der Waals surface area contributed by atoms with Crippen LogP contribution in [0.15, 0.2) is 42.5 Å². The van der Waals surface area contributed by atoms with Crippen LogP contribution in [0, 0.1) is 0 Å². The number of carbonyl (C=O) groups is 1. The predicted octanol–water partition coefficient (Wildman–Crippen LogP) is 5.25. The molecule has 0 fully saturated rings. The topological polar surface area (TPSA) is 32.3 Å². The van der Waals surface area contributed by atoms with Crippen LogP contribution >= 0.6 is 11.6 Å². The minimum atomic E-state index is -0.0655. The number of halogens is 1. The van der Waals surface area contributed by atoms with E-state index in [9.17, 15) is 4.79 Å². The lowest BCUT2D eigenvalue weighted by Gasteiger charge is -2.35. The number of aryl methyl sites for hydroxylation is 1. The van der Waals surface area contributed by atoms with E-state index >= 15 is 0 Å². The Balaban J connectivity index is 1.60. The summed E-state index contributed by atoms with van der Waals surface area (Å²) in [4.78, 5) is 15.0. The Labute approximate surface area is 174 Å². The molecule has 0 spiro atoms. The summed E-state index contributed by atoms with van der Waals surface area (Å²) in [6.45, 7) is 7.48. The average molecular weight is 399 g/mol. The monoisotopic (exact) mass is 398 g/mol. The molecule has 3 rings (SSSR count). The Morgan fingerprint density at radius 3 is 2.46 bits per heavy atom. The van der Waals surface area contributed by atoms with Crippen molar-refractivity contribution in [3.63, 3.8) is 0 Å². The van der Waals surface area contributed by atoms with E-state index in [-0.39, 0.29) is 5.91 Å². The fourth-order valence-electron chi connectivity index (χ4n) is 4.15. The molecular weight excluding hydrogens is 368 g/mol. The van der Waals surface area contributed by atoms with Crippen LogP contribution in [0.1, 0.15) is 60.2 Å². The summed E-state index contributed by atoms with van der Waals surface area (Å²) in [7, 11) is 0. The number of benzene rings is 2. The van der Waals surface area contributed by atoms with Gasteiger partial charge >= 0.3 is 0 Å². The van der Waals surface area contributed by atoms with Crippen LogP contribution < -0.4 is 5.32 Å². The second kappa shape index (κ2) is 10.1. The van der Waals surface area contributed by atoms with Gasteiger partial charge in [-0.05, 0) is 86.1 Å². The number of hydrogen-bond acceptors (Lipinski definition) is 2. The van der Waals surface area contributed by atoms with Gasteiger partial charge in [0, 0.05) is 23.2 Å². The van der Waals surface area contributed by atoms with Crippen LogP contribution in [0.3, 0.4) is 0 Å². The predicted molar refractivity (Wildman–Crippen MR) is 117 cm³/mol. The van der Waals surface area contributed by atoms with Crippen molar-refractivity contribution in [1.82, 2.24) is 10.2 Å². The first-order chi connectivity index (χ1) is 13.6. The summed E-state index contributed by atoms with van der Waals surface area (Å²) in [5, 5.41) is 3.65. The van der Waals surface area contributed by atoms with Crippen LogP contribution in [0.4, 0.5) is 0 Å². The number of carbonyl (C=O) groups excluding carboxylic acids is 1. The summed E-state index contributed by atoms with van der Waals surface area (Å²) in [6.07, 6.45) is 5.94. The molecule has 0 saturated carbocycles. The van der Waals surface area contributed by atoms with Crippen LogP contribution in [0.25, 0.3) is 0 Å². The van der Waals surface area contributed by atoms with E-state index < -0.39 is 0 Å². The third kappa shape index (κ3) is 5.36. The molecule has 1 atom stereocenters. The second-order valence-corrected chi connectivity index (χ2v) is 8.16. The minimum absolute atomic E-state index is 0.0655. The fourth-order valence-corrected chi connectivity index (χ4v) is 4.27. The van der Waals surface area contributed by atoms with Crippen molar-refractivity contribution in [2.24, 2.45) is 0 Å². The molecule has 1 N–H and O–H groups in total. The van der Waals surface area contributed by atoms with E-state index in [0.717, 1.165) is 12.8 Å². The number of hydrogen-bond donors (Lipinski definition) is 1. The lowest BCUT2D eigenvalue weighted by atomic mass is 9.86. The molecule has 0 unspecified atom stereocenters. The molecule has 0 heterocycles. The van der Waals surface area contributed by atoms with E-state index in [4.69, 9.17) is 11.6 Å². The van der Waals surface area contributed by atoms with Crippen molar-refractivity contribution in [2.45, 2.75) is 58.5 Å². The van der Waals surface area contributed by atoms with Gasteiger partial charge in [0.2, 0.25) is 0 Å². The van der Waals surface area contributed by atoms with Gasteiger partial charge in [-0.1, -0.05) is 43.6 Å². The van der Waals surface area contributed by atoms with Crippen LogP contribution in [-0.2, 0) is 19.4 Å².